The lowest BCUT2D eigenvalue weighted by Crippen LogP contribution is -2.31. The first-order chi connectivity index (χ1) is 7.02. The number of aliphatic hydroxyl groups excluding tert-OH is 1. The quantitative estimate of drug-likeness (QED) is 0.465. The SMILES string of the molecule is C=C(/C=C(\C)O)C(C/C=C/N)C(C)NC. The molecule has 0 bridgehead atoms. The van der Waals surface area contributed by atoms with Crippen molar-refractivity contribution in [2.45, 2.75) is 26.3 Å². The summed E-state index contributed by atoms with van der Waals surface area (Å²) >= 11 is 0. The maximum absolute atomic E-state index is 9.19. The van der Waals surface area contributed by atoms with E-state index in [1.54, 1.807) is 13.0 Å². The van der Waals surface area contributed by atoms with E-state index in [9.17, 15) is 5.11 Å². The molecule has 0 aromatic rings. The Bertz CT molecular complexity index is 252. The van der Waals surface area contributed by atoms with E-state index in [1.807, 2.05) is 13.1 Å². The number of aliphatic hydroxyl groups is 1. The van der Waals surface area contributed by atoms with Crippen molar-refractivity contribution in [3.05, 3.63) is 36.3 Å². The molecule has 0 radical (unpaired) electrons. The Kier molecular flexibility index (Phi) is 6.54. The zero-order valence-electron chi connectivity index (χ0n) is 9.83. The van der Waals surface area contributed by atoms with Crippen LogP contribution in [-0.2, 0) is 0 Å². The lowest BCUT2D eigenvalue weighted by atomic mass is 9.89. The molecule has 0 heterocycles. The third-order valence-electron chi connectivity index (χ3n) is 2.46. The Hall–Kier alpha value is -1.22. The van der Waals surface area contributed by atoms with Gasteiger partial charge in [-0.15, -0.1) is 0 Å². The summed E-state index contributed by atoms with van der Waals surface area (Å²) in [7, 11) is 1.91. The van der Waals surface area contributed by atoms with Crippen molar-refractivity contribution >= 4 is 0 Å². The smallest absolute Gasteiger partial charge is 0.0894 e. The van der Waals surface area contributed by atoms with Gasteiger partial charge in [-0.25, -0.2) is 0 Å². The lowest BCUT2D eigenvalue weighted by molar-refractivity contribution is 0.408. The molecule has 0 fully saturated rings. The monoisotopic (exact) mass is 210 g/mol. The zero-order chi connectivity index (χ0) is 11.8. The lowest BCUT2D eigenvalue weighted by Gasteiger charge is -2.23. The van der Waals surface area contributed by atoms with Crippen molar-refractivity contribution in [3.8, 4) is 0 Å². The normalized spacial score (nSPS) is 16.6. The van der Waals surface area contributed by atoms with Crippen LogP contribution in [0.4, 0.5) is 0 Å². The van der Waals surface area contributed by atoms with Gasteiger partial charge >= 0.3 is 0 Å². The van der Waals surface area contributed by atoms with E-state index < -0.39 is 0 Å². The van der Waals surface area contributed by atoms with Crippen molar-refractivity contribution in [2.24, 2.45) is 11.7 Å². The summed E-state index contributed by atoms with van der Waals surface area (Å²) in [6.07, 6.45) is 5.96. The average Bonchev–Trinajstić information content (AvgIpc) is 2.16. The molecule has 0 amide bonds. The number of nitrogens with one attached hydrogen (secondary N) is 1. The molecular weight excluding hydrogens is 188 g/mol. The van der Waals surface area contributed by atoms with E-state index in [0.717, 1.165) is 12.0 Å². The predicted molar refractivity (Wildman–Crippen MR) is 65.5 cm³/mol. The molecule has 86 valence electrons. The van der Waals surface area contributed by atoms with E-state index in [-0.39, 0.29) is 11.7 Å². The van der Waals surface area contributed by atoms with Gasteiger partial charge in [0.1, 0.15) is 0 Å². The molecule has 15 heavy (non-hydrogen) atoms. The maximum atomic E-state index is 9.19. The number of allylic oxidation sites excluding steroid dienone is 3. The van der Waals surface area contributed by atoms with Crippen LogP contribution in [0.1, 0.15) is 20.3 Å². The fourth-order valence-corrected chi connectivity index (χ4v) is 1.48. The molecular formula is C12H22N2O. The van der Waals surface area contributed by atoms with Crippen molar-refractivity contribution in [1.29, 1.82) is 0 Å². The van der Waals surface area contributed by atoms with E-state index in [2.05, 4.69) is 18.8 Å². The fourth-order valence-electron chi connectivity index (χ4n) is 1.48. The van der Waals surface area contributed by atoms with Gasteiger partial charge in [-0.05, 0) is 45.2 Å². The molecule has 0 aromatic heterocycles. The highest BCUT2D eigenvalue weighted by Gasteiger charge is 2.16. The van der Waals surface area contributed by atoms with Crippen LogP contribution in [-0.4, -0.2) is 18.2 Å². The minimum absolute atomic E-state index is 0.247. The summed E-state index contributed by atoms with van der Waals surface area (Å²) in [5.41, 5.74) is 6.24. The summed E-state index contributed by atoms with van der Waals surface area (Å²) in [6.45, 7) is 7.69. The second-order valence-electron chi connectivity index (χ2n) is 3.71. The molecule has 0 aromatic carbocycles. The Morgan fingerprint density at radius 2 is 2.20 bits per heavy atom. The van der Waals surface area contributed by atoms with E-state index >= 15 is 0 Å². The summed E-state index contributed by atoms with van der Waals surface area (Å²) in [4.78, 5) is 0. The topological polar surface area (TPSA) is 58.3 Å². The number of rotatable bonds is 6. The number of hydrogen-bond donors (Lipinski definition) is 3. The van der Waals surface area contributed by atoms with E-state index in [1.165, 1.54) is 6.20 Å². The minimum atomic E-state index is 0.247. The van der Waals surface area contributed by atoms with Gasteiger partial charge in [-0.1, -0.05) is 12.7 Å². The van der Waals surface area contributed by atoms with Crippen LogP contribution in [0, 0.1) is 5.92 Å². The molecule has 0 saturated carbocycles. The maximum Gasteiger partial charge on any atom is 0.0894 e. The number of hydrogen-bond acceptors (Lipinski definition) is 3. The molecule has 0 aliphatic carbocycles. The van der Waals surface area contributed by atoms with Crippen LogP contribution in [0.25, 0.3) is 0 Å². The van der Waals surface area contributed by atoms with Gasteiger partial charge in [0.25, 0.3) is 0 Å². The molecule has 2 atom stereocenters. The molecule has 2 unspecified atom stereocenters. The molecule has 0 rings (SSSR count). The Morgan fingerprint density at radius 3 is 2.60 bits per heavy atom. The highest BCUT2D eigenvalue weighted by atomic mass is 16.3. The third kappa shape index (κ3) is 5.27. The minimum Gasteiger partial charge on any atom is -0.513 e. The first kappa shape index (κ1) is 13.8. The van der Waals surface area contributed by atoms with Crippen molar-refractivity contribution < 1.29 is 5.11 Å². The highest BCUT2D eigenvalue weighted by Crippen LogP contribution is 2.20. The molecule has 4 N–H and O–H groups in total. The van der Waals surface area contributed by atoms with Crippen LogP contribution in [0.3, 0.4) is 0 Å². The van der Waals surface area contributed by atoms with Gasteiger partial charge in [0.05, 0.1) is 5.76 Å². The van der Waals surface area contributed by atoms with Crippen LogP contribution in [0.5, 0.6) is 0 Å². The molecule has 0 aliphatic rings. The van der Waals surface area contributed by atoms with Crippen molar-refractivity contribution in [2.75, 3.05) is 7.05 Å². The molecule has 0 aliphatic heterocycles. The van der Waals surface area contributed by atoms with Gasteiger partial charge < -0.3 is 16.2 Å². The summed E-state index contributed by atoms with van der Waals surface area (Å²) in [6, 6.07) is 0.296. The fraction of sp³-hybridized carbons (Fsp3) is 0.500. The van der Waals surface area contributed by atoms with Gasteiger partial charge in [0.2, 0.25) is 0 Å². The summed E-state index contributed by atoms with van der Waals surface area (Å²) in [5.74, 6) is 0.530. The Labute approximate surface area is 92.4 Å². The van der Waals surface area contributed by atoms with Crippen LogP contribution in [0.15, 0.2) is 36.3 Å². The van der Waals surface area contributed by atoms with Crippen molar-refractivity contribution in [1.82, 2.24) is 5.32 Å². The summed E-state index contributed by atoms with van der Waals surface area (Å²) in [5, 5.41) is 12.4. The Balaban J connectivity index is 4.61. The second kappa shape index (κ2) is 7.12. The second-order valence-corrected chi connectivity index (χ2v) is 3.71. The third-order valence-corrected chi connectivity index (χ3v) is 2.46. The molecule has 3 nitrogen and oxygen atoms in total. The highest BCUT2D eigenvalue weighted by molar-refractivity contribution is 5.21. The first-order valence-corrected chi connectivity index (χ1v) is 5.13. The predicted octanol–water partition coefficient (Wildman–Crippen LogP) is 2.09. The average molecular weight is 210 g/mol. The summed E-state index contributed by atoms with van der Waals surface area (Å²) < 4.78 is 0. The molecule has 0 saturated heterocycles. The Morgan fingerprint density at radius 1 is 1.60 bits per heavy atom. The molecule has 0 spiro atoms. The van der Waals surface area contributed by atoms with Crippen LogP contribution < -0.4 is 11.1 Å². The van der Waals surface area contributed by atoms with Crippen molar-refractivity contribution in [3.63, 3.8) is 0 Å². The van der Waals surface area contributed by atoms with E-state index in [4.69, 9.17) is 5.73 Å². The van der Waals surface area contributed by atoms with E-state index in [0.29, 0.717) is 6.04 Å². The first-order valence-electron chi connectivity index (χ1n) is 5.13. The largest absolute Gasteiger partial charge is 0.513 e. The van der Waals surface area contributed by atoms with Gasteiger partial charge in [-0.3, -0.25) is 0 Å². The molecule has 3 heteroatoms. The van der Waals surface area contributed by atoms with Crippen LogP contribution in [0.2, 0.25) is 0 Å². The van der Waals surface area contributed by atoms with Gasteiger partial charge in [0.15, 0.2) is 0 Å². The van der Waals surface area contributed by atoms with Gasteiger partial charge in [-0.2, -0.15) is 0 Å². The zero-order valence-corrected chi connectivity index (χ0v) is 9.83. The van der Waals surface area contributed by atoms with Crippen LogP contribution >= 0.6 is 0 Å². The van der Waals surface area contributed by atoms with Gasteiger partial charge in [0, 0.05) is 12.0 Å². The number of nitrogens with two attached hydrogens (primary N) is 1. The standard InChI is InChI=1S/C12H22N2O/c1-9(8-10(2)15)12(6-5-7-13)11(3)14-4/h5,7-8,11-12,14-15H,1,6,13H2,2-4H3/b7-5+,10-8+.